The van der Waals surface area contributed by atoms with Crippen molar-refractivity contribution in [3.05, 3.63) is 21.6 Å². The first-order valence-electron chi connectivity index (χ1n) is 4.06. The summed E-state index contributed by atoms with van der Waals surface area (Å²) in [5.41, 5.74) is 5.73. The van der Waals surface area contributed by atoms with Crippen molar-refractivity contribution in [3.63, 3.8) is 0 Å². The number of nitrogens with zero attached hydrogens (tertiary/aromatic N) is 1. The van der Waals surface area contributed by atoms with Gasteiger partial charge in [-0.05, 0) is 22.0 Å². The third-order valence-electron chi connectivity index (χ3n) is 1.94. The summed E-state index contributed by atoms with van der Waals surface area (Å²) in [4.78, 5) is 15.9. The summed E-state index contributed by atoms with van der Waals surface area (Å²) in [6.45, 7) is 0. The summed E-state index contributed by atoms with van der Waals surface area (Å²) in [5, 5.41) is 0.767. The first kappa shape index (κ1) is 10.4. The average Bonchev–Trinajstić information content (AvgIpc) is 2.56. The van der Waals surface area contributed by atoms with Crippen LogP contribution in [0.2, 0.25) is 0 Å². The number of halogens is 1. The van der Waals surface area contributed by atoms with Crippen molar-refractivity contribution in [2.24, 2.45) is 0 Å². The molecule has 0 fully saturated rings. The lowest BCUT2D eigenvalue weighted by Crippen LogP contribution is -1.98. The number of hydrogen-bond acceptors (Lipinski definition) is 5. The number of pyridine rings is 1. The predicted octanol–water partition coefficient (Wildman–Crippen LogP) is 2.43. The van der Waals surface area contributed by atoms with Gasteiger partial charge in [0, 0.05) is 16.3 Å². The molecule has 0 aliphatic carbocycles. The minimum atomic E-state index is -0.373. The average molecular weight is 287 g/mol. The molecule has 15 heavy (non-hydrogen) atoms. The largest absolute Gasteiger partial charge is 0.465 e. The molecule has 2 rings (SSSR count). The minimum Gasteiger partial charge on any atom is -0.465 e. The van der Waals surface area contributed by atoms with Gasteiger partial charge in [-0.25, -0.2) is 9.78 Å². The molecule has 0 unspecified atom stereocenters. The molecule has 2 N–H and O–H groups in total. The van der Waals surface area contributed by atoms with Crippen molar-refractivity contribution in [2.75, 3.05) is 12.8 Å². The number of fused-ring (bicyclic) bond motifs is 1. The van der Waals surface area contributed by atoms with Crippen molar-refractivity contribution in [2.45, 2.75) is 0 Å². The number of carbonyl (C=O) groups excluding carboxylic acids is 1. The number of thiophene rings is 1. The Balaban J connectivity index is 2.75. The highest BCUT2D eigenvalue weighted by Gasteiger charge is 2.18. The van der Waals surface area contributed by atoms with Gasteiger partial charge < -0.3 is 10.5 Å². The van der Waals surface area contributed by atoms with Crippen molar-refractivity contribution in [1.29, 1.82) is 0 Å². The van der Waals surface area contributed by atoms with E-state index in [9.17, 15) is 4.79 Å². The highest BCUT2D eigenvalue weighted by molar-refractivity contribution is 9.10. The van der Waals surface area contributed by atoms with Gasteiger partial charge >= 0.3 is 5.97 Å². The summed E-state index contributed by atoms with van der Waals surface area (Å²) < 4.78 is 6.23. The van der Waals surface area contributed by atoms with Gasteiger partial charge in [-0.2, -0.15) is 0 Å². The molecular formula is C9H7BrN2O2S. The number of esters is 1. The Morgan fingerprint density at radius 3 is 3.00 bits per heavy atom. The number of rotatable bonds is 1. The number of carbonyl (C=O) groups is 1. The third kappa shape index (κ3) is 1.59. The van der Waals surface area contributed by atoms with Gasteiger partial charge in [-0.15, -0.1) is 11.3 Å². The van der Waals surface area contributed by atoms with Crippen molar-refractivity contribution >= 4 is 49.1 Å². The van der Waals surface area contributed by atoms with Crippen LogP contribution in [0.4, 0.5) is 5.82 Å². The van der Waals surface area contributed by atoms with E-state index < -0.39 is 0 Å². The monoisotopic (exact) mass is 286 g/mol. The van der Waals surface area contributed by atoms with Crippen LogP contribution in [0, 0.1) is 0 Å². The standard InChI is InChI=1S/C9H7BrN2O2S/c1-14-9(13)7-6(10)5-4(15-7)2-3-12-8(5)11/h2-3H,1H3,(H2,11,12). The van der Waals surface area contributed by atoms with Gasteiger partial charge in [-0.3, -0.25) is 0 Å². The van der Waals surface area contributed by atoms with Crippen molar-refractivity contribution < 1.29 is 9.53 Å². The molecule has 4 nitrogen and oxygen atoms in total. The molecule has 2 aromatic heterocycles. The van der Waals surface area contributed by atoms with Gasteiger partial charge in [0.05, 0.1) is 11.6 Å². The van der Waals surface area contributed by atoms with E-state index in [1.807, 2.05) is 6.07 Å². The Morgan fingerprint density at radius 2 is 2.40 bits per heavy atom. The molecular weight excluding hydrogens is 280 g/mol. The Morgan fingerprint density at radius 1 is 1.67 bits per heavy atom. The molecule has 2 aromatic rings. The number of methoxy groups -OCH3 is 1. The summed E-state index contributed by atoms with van der Waals surface area (Å²) in [7, 11) is 1.35. The summed E-state index contributed by atoms with van der Waals surface area (Å²) in [6, 6.07) is 1.81. The SMILES string of the molecule is COC(=O)c1sc2ccnc(N)c2c1Br. The van der Waals surface area contributed by atoms with E-state index in [1.54, 1.807) is 6.20 Å². The quantitative estimate of drug-likeness (QED) is 0.818. The minimum absolute atomic E-state index is 0.373. The van der Waals surface area contributed by atoms with E-state index in [4.69, 9.17) is 5.73 Å². The lowest BCUT2D eigenvalue weighted by Gasteiger charge is -1.96. The van der Waals surface area contributed by atoms with Crippen LogP contribution in [0.25, 0.3) is 10.1 Å². The first-order valence-corrected chi connectivity index (χ1v) is 5.67. The zero-order chi connectivity index (χ0) is 11.0. The Kier molecular flexibility index (Phi) is 2.62. The number of ether oxygens (including phenoxy) is 1. The van der Waals surface area contributed by atoms with Gasteiger partial charge in [0.1, 0.15) is 10.7 Å². The lowest BCUT2D eigenvalue weighted by molar-refractivity contribution is 0.0605. The first-order chi connectivity index (χ1) is 7.15. The lowest BCUT2D eigenvalue weighted by atomic mass is 10.3. The molecule has 0 saturated heterocycles. The molecule has 2 heterocycles. The fourth-order valence-corrected chi connectivity index (χ4v) is 3.23. The summed E-state index contributed by atoms with van der Waals surface area (Å²) in [5.74, 6) is 0.0354. The smallest absolute Gasteiger partial charge is 0.349 e. The molecule has 0 bridgehead atoms. The normalized spacial score (nSPS) is 10.5. The van der Waals surface area contributed by atoms with Crippen LogP contribution in [0.3, 0.4) is 0 Å². The zero-order valence-corrected chi connectivity index (χ0v) is 10.2. The molecule has 0 spiro atoms. The third-order valence-corrected chi connectivity index (χ3v) is 4.13. The zero-order valence-electron chi connectivity index (χ0n) is 7.78. The van der Waals surface area contributed by atoms with Gasteiger partial charge in [0.15, 0.2) is 0 Å². The topological polar surface area (TPSA) is 65.2 Å². The van der Waals surface area contributed by atoms with Crippen LogP contribution in [0.5, 0.6) is 0 Å². The van der Waals surface area contributed by atoms with Crippen LogP contribution in [0.15, 0.2) is 16.7 Å². The van der Waals surface area contributed by atoms with E-state index in [-0.39, 0.29) is 5.97 Å². The molecule has 0 aliphatic heterocycles. The van der Waals surface area contributed by atoms with Gasteiger partial charge in [-0.1, -0.05) is 0 Å². The van der Waals surface area contributed by atoms with Crippen LogP contribution in [0.1, 0.15) is 9.67 Å². The molecule has 0 atom stereocenters. The Bertz CT molecular complexity index is 538. The molecule has 0 saturated carbocycles. The molecule has 6 heteroatoms. The maximum absolute atomic E-state index is 11.4. The van der Waals surface area contributed by atoms with Crippen molar-refractivity contribution in [3.8, 4) is 0 Å². The van der Waals surface area contributed by atoms with Gasteiger partial charge in [0.2, 0.25) is 0 Å². The highest BCUT2D eigenvalue weighted by Crippen LogP contribution is 2.38. The molecule has 78 valence electrons. The van der Waals surface area contributed by atoms with Crippen LogP contribution in [-0.4, -0.2) is 18.1 Å². The maximum atomic E-state index is 11.4. The van der Waals surface area contributed by atoms with E-state index in [1.165, 1.54) is 18.4 Å². The second kappa shape index (κ2) is 3.79. The summed E-state index contributed by atoms with van der Waals surface area (Å²) in [6.07, 6.45) is 1.61. The second-order valence-electron chi connectivity index (χ2n) is 2.81. The Hall–Kier alpha value is -1.14. The van der Waals surface area contributed by atoms with Crippen LogP contribution < -0.4 is 5.73 Å². The summed E-state index contributed by atoms with van der Waals surface area (Å²) >= 11 is 4.66. The fraction of sp³-hybridized carbons (Fsp3) is 0.111. The Labute approximate surface area is 98.2 Å². The second-order valence-corrected chi connectivity index (χ2v) is 4.65. The van der Waals surface area contributed by atoms with Crippen molar-refractivity contribution in [1.82, 2.24) is 4.98 Å². The fourth-order valence-electron chi connectivity index (χ4n) is 1.26. The number of anilines is 1. The molecule has 0 amide bonds. The van der Waals surface area contributed by atoms with E-state index in [2.05, 4.69) is 25.7 Å². The van der Waals surface area contributed by atoms with Crippen LogP contribution >= 0.6 is 27.3 Å². The van der Waals surface area contributed by atoms with E-state index in [0.717, 1.165) is 10.1 Å². The number of hydrogen-bond donors (Lipinski definition) is 1. The predicted molar refractivity (Wildman–Crippen MR) is 63.1 cm³/mol. The van der Waals surface area contributed by atoms with E-state index in [0.29, 0.717) is 15.2 Å². The van der Waals surface area contributed by atoms with E-state index >= 15 is 0 Å². The number of nitrogen functional groups attached to an aromatic ring is 1. The maximum Gasteiger partial charge on any atom is 0.349 e. The van der Waals surface area contributed by atoms with Gasteiger partial charge in [0.25, 0.3) is 0 Å². The van der Waals surface area contributed by atoms with Crippen LogP contribution in [-0.2, 0) is 4.74 Å². The number of aromatic nitrogens is 1. The molecule has 0 aromatic carbocycles. The number of nitrogens with two attached hydrogens (primary N) is 1. The highest BCUT2D eigenvalue weighted by atomic mass is 79.9. The molecule has 0 radical (unpaired) electrons. The molecule has 0 aliphatic rings.